The van der Waals surface area contributed by atoms with Gasteiger partial charge in [0.1, 0.15) is 0 Å². The lowest BCUT2D eigenvalue weighted by molar-refractivity contribution is 0.146. The Hall–Kier alpha value is -1.18. The number of hydrogen-bond donors (Lipinski definition) is 0. The summed E-state index contributed by atoms with van der Waals surface area (Å²) in [6.45, 7) is 7.58. The summed E-state index contributed by atoms with van der Waals surface area (Å²) in [5, 5.41) is 0. The van der Waals surface area contributed by atoms with E-state index >= 15 is 0 Å². The van der Waals surface area contributed by atoms with Crippen LogP contribution in [0.3, 0.4) is 0 Å². The fourth-order valence-corrected chi connectivity index (χ4v) is 1.33. The van der Waals surface area contributed by atoms with Gasteiger partial charge in [0.05, 0.1) is 13.2 Å². The first kappa shape index (κ1) is 11.9. The number of hydrogen-bond acceptors (Lipinski definition) is 2. The molecule has 1 heterocycles. The maximum atomic E-state index is 5.56. The van der Waals surface area contributed by atoms with E-state index < -0.39 is 0 Å². The molecule has 0 N–H and O–H groups in total. The summed E-state index contributed by atoms with van der Waals surface area (Å²) in [5.41, 5.74) is 1.25. The van der Waals surface area contributed by atoms with Crippen LogP contribution < -0.4 is 0 Å². The van der Waals surface area contributed by atoms with Gasteiger partial charge in [0.15, 0.2) is 11.5 Å². The molecule has 0 aliphatic carbocycles. The van der Waals surface area contributed by atoms with Crippen LogP contribution in [0.25, 0.3) is 0 Å². The van der Waals surface area contributed by atoms with Gasteiger partial charge < -0.3 is 9.47 Å². The number of rotatable bonds is 4. The second kappa shape index (κ2) is 6.33. The van der Waals surface area contributed by atoms with Crippen molar-refractivity contribution >= 4 is 0 Å². The van der Waals surface area contributed by atoms with Crippen molar-refractivity contribution in [1.82, 2.24) is 0 Å². The molecule has 0 saturated carbocycles. The zero-order valence-corrected chi connectivity index (χ0v) is 9.88. The lowest BCUT2D eigenvalue weighted by atomic mass is 10.2. The number of allylic oxidation sites excluding steroid dienone is 4. The molecule has 1 aliphatic heterocycles. The fraction of sp³-hybridized carbons (Fsp3) is 0.538. The Labute approximate surface area is 92.3 Å². The summed E-state index contributed by atoms with van der Waals surface area (Å²) in [5.74, 6) is 1.74. The molecular weight excluding hydrogens is 188 g/mol. The Bertz CT molecular complexity index is 281. The van der Waals surface area contributed by atoms with Crippen LogP contribution in [0, 0.1) is 0 Å². The Morgan fingerprint density at radius 1 is 1.47 bits per heavy atom. The molecule has 1 aliphatic rings. The average Bonchev–Trinajstić information content (AvgIpc) is 2.25. The summed E-state index contributed by atoms with van der Waals surface area (Å²) in [7, 11) is 0. The highest BCUT2D eigenvalue weighted by Gasteiger charge is 2.10. The van der Waals surface area contributed by atoms with Crippen LogP contribution in [-0.2, 0) is 9.47 Å². The van der Waals surface area contributed by atoms with E-state index in [0.717, 1.165) is 31.0 Å². The molecule has 0 spiro atoms. The van der Waals surface area contributed by atoms with Crippen LogP contribution in [0.15, 0.2) is 35.3 Å². The standard InChI is InChI=1S/C13H20O2/c1-4-14-13(9-8-11(2)3)12-7-5-6-10-15-12/h7-9H,4-6,10H2,1-3H3/b13-9-. The summed E-state index contributed by atoms with van der Waals surface area (Å²) in [6, 6.07) is 0. The maximum absolute atomic E-state index is 5.56. The molecule has 0 aromatic rings. The van der Waals surface area contributed by atoms with Gasteiger partial charge in [-0.05, 0) is 45.8 Å². The van der Waals surface area contributed by atoms with E-state index in [-0.39, 0.29) is 0 Å². The van der Waals surface area contributed by atoms with Crippen LogP contribution in [0.2, 0.25) is 0 Å². The van der Waals surface area contributed by atoms with Crippen molar-refractivity contribution in [3.63, 3.8) is 0 Å². The normalized spacial score (nSPS) is 16.5. The lowest BCUT2D eigenvalue weighted by Crippen LogP contribution is -2.06. The van der Waals surface area contributed by atoms with Gasteiger partial charge in [-0.3, -0.25) is 0 Å². The molecule has 0 unspecified atom stereocenters. The second-order valence-corrected chi connectivity index (χ2v) is 3.77. The molecule has 84 valence electrons. The third-order valence-electron chi connectivity index (χ3n) is 2.05. The van der Waals surface area contributed by atoms with E-state index in [4.69, 9.17) is 9.47 Å². The third-order valence-corrected chi connectivity index (χ3v) is 2.05. The van der Waals surface area contributed by atoms with Gasteiger partial charge in [-0.15, -0.1) is 0 Å². The van der Waals surface area contributed by atoms with Crippen molar-refractivity contribution in [2.45, 2.75) is 33.6 Å². The molecule has 0 fully saturated rings. The highest BCUT2D eigenvalue weighted by Crippen LogP contribution is 2.19. The van der Waals surface area contributed by atoms with Crippen LogP contribution in [0.5, 0.6) is 0 Å². The Morgan fingerprint density at radius 3 is 2.80 bits per heavy atom. The molecule has 0 amide bonds. The van der Waals surface area contributed by atoms with E-state index in [9.17, 15) is 0 Å². The van der Waals surface area contributed by atoms with Gasteiger partial charge in [0.2, 0.25) is 0 Å². The van der Waals surface area contributed by atoms with E-state index in [0.29, 0.717) is 6.61 Å². The molecule has 0 aromatic heterocycles. The molecule has 2 nitrogen and oxygen atoms in total. The van der Waals surface area contributed by atoms with E-state index in [1.807, 2.05) is 19.1 Å². The van der Waals surface area contributed by atoms with Crippen molar-refractivity contribution in [2.75, 3.05) is 13.2 Å². The predicted octanol–water partition coefficient (Wildman–Crippen LogP) is 3.57. The zero-order chi connectivity index (χ0) is 11.1. The van der Waals surface area contributed by atoms with Gasteiger partial charge in [0.25, 0.3) is 0 Å². The van der Waals surface area contributed by atoms with Gasteiger partial charge in [-0.25, -0.2) is 0 Å². The molecule has 0 atom stereocenters. The van der Waals surface area contributed by atoms with Crippen LogP contribution in [-0.4, -0.2) is 13.2 Å². The molecule has 0 bridgehead atoms. The predicted molar refractivity (Wildman–Crippen MR) is 62.4 cm³/mol. The molecule has 2 heteroatoms. The summed E-state index contributed by atoms with van der Waals surface area (Å²) >= 11 is 0. The number of ether oxygens (including phenoxy) is 2. The SMILES string of the molecule is CCO/C(=C\C=C(C)C)C1=CCCCO1. The smallest absolute Gasteiger partial charge is 0.160 e. The molecule has 1 rings (SSSR count). The minimum absolute atomic E-state index is 0.670. The van der Waals surface area contributed by atoms with Gasteiger partial charge in [-0.1, -0.05) is 11.6 Å². The summed E-state index contributed by atoms with van der Waals surface area (Å²) in [6.07, 6.45) is 8.31. The molecule has 15 heavy (non-hydrogen) atoms. The highest BCUT2D eigenvalue weighted by molar-refractivity contribution is 5.26. The Kier molecular flexibility index (Phi) is 5.02. The summed E-state index contributed by atoms with van der Waals surface area (Å²) < 4.78 is 11.1. The lowest BCUT2D eigenvalue weighted by Gasteiger charge is -2.17. The highest BCUT2D eigenvalue weighted by atomic mass is 16.5. The first-order valence-electron chi connectivity index (χ1n) is 5.55. The van der Waals surface area contributed by atoms with Crippen molar-refractivity contribution < 1.29 is 9.47 Å². The fourth-order valence-electron chi connectivity index (χ4n) is 1.33. The first-order valence-corrected chi connectivity index (χ1v) is 5.55. The van der Waals surface area contributed by atoms with Crippen LogP contribution in [0.4, 0.5) is 0 Å². The minimum atomic E-state index is 0.670. The Morgan fingerprint density at radius 2 is 2.27 bits per heavy atom. The van der Waals surface area contributed by atoms with E-state index in [1.165, 1.54) is 5.57 Å². The minimum Gasteiger partial charge on any atom is -0.490 e. The monoisotopic (exact) mass is 208 g/mol. The molecule has 0 saturated heterocycles. The molecular formula is C13H20O2. The average molecular weight is 208 g/mol. The van der Waals surface area contributed by atoms with Crippen molar-refractivity contribution in [3.8, 4) is 0 Å². The molecule has 0 aromatic carbocycles. The topological polar surface area (TPSA) is 18.5 Å². The van der Waals surface area contributed by atoms with E-state index in [2.05, 4.69) is 19.9 Å². The quantitative estimate of drug-likeness (QED) is 0.519. The van der Waals surface area contributed by atoms with Crippen molar-refractivity contribution in [1.29, 1.82) is 0 Å². The van der Waals surface area contributed by atoms with E-state index in [1.54, 1.807) is 0 Å². The Balaban J connectivity index is 2.76. The first-order chi connectivity index (χ1) is 7.24. The van der Waals surface area contributed by atoms with Crippen molar-refractivity contribution in [3.05, 3.63) is 35.3 Å². The van der Waals surface area contributed by atoms with Crippen LogP contribution >= 0.6 is 0 Å². The van der Waals surface area contributed by atoms with Gasteiger partial charge in [0, 0.05) is 0 Å². The largest absolute Gasteiger partial charge is 0.490 e. The van der Waals surface area contributed by atoms with Gasteiger partial charge in [-0.2, -0.15) is 0 Å². The van der Waals surface area contributed by atoms with Crippen molar-refractivity contribution in [2.24, 2.45) is 0 Å². The van der Waals surface area contributed by atoms with Crippen LogP contribution in [0.1, 0.15) is 33.6 Å². The zero-order valence-electron chi connectivity index (χ0n) is 9.88. The maximum Gasteiger partial charge on any atom is 0.160 e. The van der Waals surface area contributed by atoms with Gasteiger partial charge >= 0.3 is 0 Å². The molecule has 0 radical (unpaired) electrons. The third kappa shape index (κ3) is 4.24. The second-order valence-electron chi connectivity index (χ2n) is 3.77. The summed E-state index contributed by atoms with van der Waals surface area (Å²) in [4.78, 5) is 0.